The average molecular weight is 176 g/mol. The lowest BCUT2D eigenvalue weighted by Crippen LogP contribution is -1.99. The molecule has 1 rings (SSSR count). The number of aryl methyl sites for hydroxylation is 1. The lowest BCUT2D eigenvalue weighted by Gasteiger charge is -1.90. The lowest BCUT2D eigenvalue weighted by atomic mass is 10.3. The van der Waals surface area contributed by atoms with E-state index in [9.17, 15) is 4.79 Å². The summed E-state index contributed by atoms with van der Waals surface area (Å²) in [6.07, 6.45) is 0. The van der Waals surface area contributed by atoms with E-state index >= 15 is 0 Å². The number of aromatic carboxylic acids is 1. The summed E-state index contributed by atoms with van der Waals surface area (Å²) < 4.78 is 1.21. The highest BCUT2D eigenvalue weighted by molar-refractivity contribution is 6.33. The van der Waals surface area contributed by atoms with Crippen LogP contribution < -0.4 is 5.73 Å². The highest BCUT2D eigenvalue weighted by Crippen LogP contribution is 2.20. The zero-order valence-corrected chi connectivity index (χ0v) is 6.46. The minimum atomic E-state index is -1.17. The summed E-state index contributed by atoms with van der Waals surface area (Å²) in [4.78, 5) is 10.4. The van der Waals surface area contributed by atoms with Crippen LogP contribution in [0.1, 0.15) is 10.4 Å². The monoisotopic (exact) mass is 175 g/mol. The van der Waals surface area contributed by atoms with Gasteiger partial charge in [0.2, 0.25) is 0 Å². The van der Waals surface area contributed by atoms with Gasteiger partial charge in [0.1, 0.15) is 10.7 Å². The van der Waals surface area contributed by atoms with Crippen molar-refractivity contribution in [2.75, 3.05) is 5.73 Å². The first-order chi connectivity index (χ1) is 5.04. The van der Waals surface area contributed by atoms with E-state index in [1.807, 2.05) is 0 Å². The minimum absolute atomic E-state index is 0.0370. The Bertz CT molecular complexity index is 307. The third-order valence-corrected chi connectivity index (χ3v) is 1.65. The molecule has 0 spiro atoms. The Labute approximate surface area is 67.4 Å². The molecule has 0 saturated carbocycles. The van der Waals surface area contributed by atoms with Gasteiger partial charge in [-0.1, -0.05) is 11.6 Å². The van der Waals surface area contributed by atoms with Crippen molar-refractivity contribution in [1.29, 1.82) is 0 Å². The third kappa shape index (κ3) is 1.14. The first-order valence-electron chi connectivity index (χ1n) is 2.75. The van der Waals surface area contributed by atoms with Gasteiger partial charge in [-0.05, 0) is 0 Å². The summed E-state index contributed by atoms with van der Waals surface area (Å²) >= 11 is 5.55. The quantitative estimate of drug-likeness (QED) is 0.646. The Balaban J connectivity index is 3.34. The maximum atomic E-state index is 10.4. The number of halogens is 1. The van der Waals surface area contributed by atoms with Crippen molar-refractivity contribution in [2.24, 2.45) is 7.05 Å². The number of carbonyl (C=O) groups is 1. The maximum absolute atomic E-state index is 10.4. The molecule has 0 aliphatic carbocycles. The van der Waals surface area contributed by atoms with Crippen molar-refractivity contribution in [2.45, 2.75) is 0 Å². The molecule has 60 valence electrons. The third-order valence-electron chi connectivity index (χ3n) is 1.22. The van der Waals surface area contributed by atoms with Crippen molar-refractivity contribution in [3.8, 4) is 0 Å². The zero-order chi connectivity index (χ0) is 8.59. The van der Waals surface area contributed by atoms with Crippen LogP contribution in [0.15, 0.2) is 0 Å². The molecule has 5 nitrogen and oxygen atoms in total. The topological polar surface area (TPSA) is 81.1 Å². The largest absolute Gasteiger partial charge is 0.477 e. The summed E-state index contributed by atoms with van der Waals surface area (Å²) in [6, 6.07) is 0. The maximum Gasteiger partial charge on any atom is 0.342 e. The minimum Gasteiger partial charge on any atom is -0.477 e. The number of rotatable bonds is 1. The number of hydrogen-bond acceptors (Lipinski definition) is 3. The fourth-order valence-corrected chi connectivity index (χ4v) is 0.936. The van der Waals surface area contributed by atoms with Gasteiger partial charge < -0.3 is 10.8 Å². The molecule has 0 radical (unpaired) electrons. The van der Waals surface area contributed by atoms with Crippen molar-refractivity contribution in [3.05, 3.63) is 10.7 Å². The number of hydrogen-bond donors (Lipinski definition) is 2. The van der Waals surface area contributed by atoms with E-state index in [-0.39, 0.29) is 16.5 Å². The summed E-state index contributed by atoms with van der Waals surface area (Å²) in [5.41, 5.74) is 5.10. The molecule has 0 bridgehead atoms. The summed E-state index contributed by atoms with van der Waals surface area (Å²) in [5.74, 6) is -1.23. The summed E-state index contributed by atoms with van der Waals surface area (Å²) in [6.45, 7) is 0. The molecule has 6 heteroatoms. The van der Waals surface area contributed by atoms with Gasteiger partial charge in [-0.3, -0.25) is 4.68 Å². The van der Waals surface area contributed by atoms with Gasteiger partial charge in [-0.25, -0.2) is 4.79 Å². The van der Waals surface area contributed by atoms with E-state index in [0.717, 1.165) is 0 Å². The number of anilines is 1. The van der Waals surface area contributed by atoms with Crippen molar-refractivity contribution >= 4 is 23.4 Å². The average Bonchev–Trinajstić information content (AvgIpc) is 2.07. The van der Waals surface area contributed by atoms with Crippen LogP contribution >= 0.6 is 11.6 Å². The van der Waals surface area contributed by atoms with Crippen LogP contribution in [0.25, 0.3) is 0 Å². The van der Waals surface area contributed by atoms with E-state index < -0.39 is 5.97 Å². The molecule has 1 aromatic heterocycles. The normalized spacial score (nSPS) is 10.0. The Hall–Kier alpha value is -1.23. The zero-order valence-electron chi connectivity index (χ0n) is 5.71. The standard InChI is InChI=1S/C5H6ClN3O2/c1-9-3(6)2(5(10)11)4(7)8-9/h1H3,(H2,7,8)(H,10,11). The van der Waals surface area contributed by atoms with Gasteiger partial charge in [-0.2, -0.15) is 5.10 Å². The van der Waals surface area contributed by atoms with Gasteiger partial charge in [0.05, 0.1) is 0 Å². The van der Waals surface area contributed by atoms with E-state index in [0.29, 0.717) is 0 Å². The van der Waals surface area contributed by atoms with Crippen LogP contribution in [0.4, 0.5) is 5.82 Å². The second kappa shape index (κ2) is 2.43. The second-order valence-electron chi connectivity index (χ2n) is 1.98. The number of carboxylic acid groups (broad SMARTS) is 1. The fourth-order valence-electron chi connectivity index (χ4n) is 0.721. The SMILES string of the molecule is Cn1nc(N)c(C(=O)O)c1Cl. The van der Waals surface area contributed by atoms with Crippen molar-refractivity contribution in [3.63, 3.8) is 0 Å². The van der Waals surface area contributed by atoms with Gasteiger partial charge in [-0.15, -0.1) is 0 Å². The van der Waals surface area contributed by atoms with Crippen molar-refractivity contribution < 1.29 is 9.90 Å². The van der Waals surface area contributed by atoms with Gasteiger partial charge >= 0.3 is 5.97 Å². The molecule has 3 N–H and O–H groups in total. The number of aromatic nitrogens is 2. The number of nitrogen functional groups attached to an aromatic ring is 1. The van der Waals surface area contributed by atoms with Crippen LogP contribution in [0.2, 0.25) is 5.15 Å². The Kier molecular flexibility index (Phi) is 1.74. The molecule has 0 aliphatic heterocycles. The molecule has 1 heterocycles. The molecule has 0 unspecified atom stereocenters. The Morgan fingerprint density at radius 1 is 1.82 bits per heavy atom. The van der Waals surface area contributed by atoms with E-state index in [1.165, 1.54) is 11.7 Å². The smallest absolute Gasteiger partial charge is 0.342 e. The predicted octanol–water partition coefficient (Wildman–Crippen LogP) is 0.354. The van der Waals surface area contributed by atoms with Gasteiger partial charge in [0, 0.05) is 7.05 Å². The molecular formula is C5H6ClN3O2. The molecule has 0 saturated heterocycles. The molecule has 0 amide bonds. The van der Waals surface area contributed by atoms with Crippen LogP contribution in [-0.4, -0.2) is 20.9 Å². The molecule has 0 fully saturated rings. The predicted molar refractivity (Wildman–Crippen MR) is 39.6 cm³/mol. The first kappa shape index (κ1) is 7.87. The summed E-state index contributed by atoms with van der Waals surface area (Å²) in [5, 5.41) is 12.2. The fraction of sp³-hybridized carbons (Fsp3) is 0.200. The highest BCUT2D eigenvalue weighted by Gasteiger charge is 2.18. The number of nitrogens with two attached hydrogens (primary N) is 1. The summed E-state index contributed by atoms with van der Waals surface area (Å²) in [7, 11) is 1.52. The second-order valence-corrected chi connectivity index (χ2v) is 2.34. The van der Waals surface area contributed by atoms with E-state index in [4.69, 9.17) is 22.4 Å². The van der Waals surface area contributed by atoms with E-state index in [2.05, 4.69) is 5.10 Å². The van der Waals surface area contributed by atoms with Crippen molar-refractivity contribution in [1.82, 2.24) is 9.78 Å². The van der Waals surface area contributed by atoms with Gasteiger partial charge in [0.25, 0.3) is 0 Å². The lowest BCUT2D eigenvalue weighted by molar-refractivity contribution is 0.0698. The first-order valence-corrected chi connectivity index (χ1v) is 3.13. The number of nitrogens with zero attached hydrogens (tertiary/aromatic N) is 2. The molecule has 0 aliphatic rings. The van der Waals surface area contributed by atoms with E-state index in [1.54, 1.807) is 0 Å². The molecule has 0 atom stereocenters. The molecule has 1 aromatic rings. The number of carboxylic acids is 1. The van der Waals surface area contributed by atoms with Crippen LogP contribution in [-0.2, 0) is 7.05 Å². The molecular weight excluding hydrogens is 170 g/mol. The van der Waals surface area contributed by atoms with Gasteiger partial charge in [0.15, 0.2) is 5.82 Å². The molecule has 11 heavy (non-hydrogen) atoms. The highest BCUT2D eigenvalue weighted by atomic mass is 35.5. The molecule has 0 aromatic carbocycles. The Morgan fingerprint density at radius 3 is 2.55 bits per heavy atom. The van der Waals surface area contributed by atoms with Crippen LogP contribution in [0.3, 0.4) is 0 Å². The Morgan fingerprint density at radius 2 is 2.36 bits per heavy atom. The van der Waals surface area contributed by atoms with Crippen LogP contribution in [0.5, 0.6) is 0 Å². The van der Waals surface area contributed by atoms with Crippen LogP contribution in [0, 0.1) is 0 Å².